The number of piperidine rings is 1. The molecule has 1 aliphatic heterocycles. The minimum absolute atomic E-state index is 0.227. The van der Waals surface area contributed by atoms with Gasteiger partial charge < -0.3 is 14.8 Å². The number of anilines is 1. The van der Waals surface area contributed by atoms with Crippen molar-refractivity contribution in [3.63, 3.8) is 0 Å². The van der Waals surface area contributed by atoms with Gasteiger partial charge in [0.2, 0.25) is 5.91 Å². The van der Waals surface area contributed by atoms with Gasteiger partial charge in [-0.2, -0.15) is 0 Å². The van der Waals surface area contributed by atoms with Crippen LogP contribution in [0.5, 0.6) is 0 Å². The van der Waals surface area contributed by atoms with E-state index >= 15 is 0 Å². The number of fused-ring (bicyclic) bond motifs is 1. The maximum atomic E-state index is 12.2. The van der Waals surface area contributed by atoms with E-state index in [-0.39, 0.29) is 17.9 Å². The molecule has 2 aromatic rings. The molecule has 2 fully saturated rings. The molecule has 4 rings (SSSR count). The summed E-state index contributed by atoms with van der Waals surface area (Å²) in [5.41, 5.74) is 0.954. The van der Waals surface area contributed by atoms with E-state index in [2.05, 4.69) is 26.3 Å². The fraction of sp³-hybridized carbons (Fsp3) is 0.588. The first-order chi connectivity index (χ1) is 11.2. The molecule has 3 heterocycles. The van der Waals surface area contributed by atoms with E-state index in [1.54, 1.807) is 6.33 Å². The molecule has 122 valence electrons. The third kappa shape index (κ3) is 2.66. The van der Waals surface area contributed by atoms with Gasteiger partial charge in [0.25, 0.3) is 0 Å². The zero-order valence-corrected chi connectivity index (χ0v) is 13.5. The van der Waals surface area contributed by atoms with E-state index in [1.807, 2.05) is 17.8 Å². The highest BCUT2D eigenvalue weighted by atomic mass is 16.2. The Kier molecular flexibility index (Phi) is 3.67. The van der Waals surface area contributed by atoms with Gasteiger partial charge in [0.05, 0.1) is 5.39 Å². The molecule has 6 heteroatoms. The molecule has 1 aliphatic carbocycles. The summed E-state index contributed by atoms with van der Waals surface area (Å²) in [6.45, 7) is 1.82. The van der Waals surface area contributed by atoms with Crippen molar-refractivity contribution in [3.05, 3.63) is 18.6 Å². The quantitative estimate of drug-likeness (QED) is 0.939. The molecule has 0 aromatic carbocycles. The number of rotatable bonds is 3. The fourth-order valence-electron chi connectivity index (χ4n) is 3.59. The van der Waals surface area contributed by atoms with Gasteiger partial charge in [-0.3, -0.25) is 4.79 Å². The molecule has 2 aromatic heterocycles. The van der Waals surface area contributed by atoms with Crippen LogP contribution in [0, 0.1) is 5.92 Å². The minimum Gasteiger partial charge on any atom is -0.354 e. The van der Waals surface area contributed by atoms with Crippen molar-refractivity contribution in [1.82, 2.24) is 19.9 Å². The molecule has 0 spiro atoms. The normalized spacial score (nSPS) is 22.1. The summed E-state index contributed by atoms with van der Waals surface area (Å²) < 4.78 is 2.01. The average molecular weight is 313 g/mol. The monoisotopic (exact) mass is 313 g/mol. The Labute approximate surface area is 135 Å². The first-order valence-electron chi connectivity index (χ1n) is 8.54. The first kappa shape index (κ1) is 14.5. The van der Waals surface area contributed by atoms with Crippen molar-refractivity contribution < 1.29 is 4.79 Å². The first-order valence-corrected chi connectivity index (χ1v) is 8.54. The molecule has 0 radical (unpaired) electrons. The molecule has 23 heavy (non-hydrogen) atoms. The van der Waals surface area contributed by atoms with E-state index < -0.39 is 0 Å². The number of nitrogens with zero attached hydrogens (tertiary/aromatic N) is 4. The molecule has 6 nitrogen and oxygen atoms in total. The number of aromatic nitrogens is 3. The Morgan fingerprint density at radius 3 is 2.91 bits per heavy atom. The maximum Gasteiger partial charge on any atom is 0.223 e. The lowest BCUT2D eigenvalue weighted by molar-refractivity contribution is -0.128. The van der Waals surface area contributed by atoms with Crippen LogP contribution in [0.1, 0.15) is 32.1 Å². The van der Waals surface area contributed by atoms with Crippen LogP contribution in [0.4, 0.5) is 5.82 Å². The maximum absolute atomic E-state index is 12.2. The number of carbonyl (C=O) groups is 1. The highest BCUT2D eigenvalue weighted by Gasteiger charge is 2.29. The summed E-state index contributed by atoms with van der Waals surface area (Å²) in [4.78, 5) is 23.4. The van der Waals surface area contributed by atoms with Crippen LogP contribution in [0.3, 0.4) is 0 Å². The number of nitrogens with one attached hydrogen (secondary N) is 1. The molecule has 1 saturated heterocycles. The molecule has 1 saturated carbocycles. The Hall–Kier alpha value is -2.11. The third-order valence-corrected chi connectivity index (χ3v) is 5.18. The lowest BCUT2D eigenvalue weighted by Crippen LogP contribution is -2.50. The average Bonchev–Trinajstić information content (AvgIpc) is 2.87. The number of aryl methyl sites for hydroxylation is 1. The summed E-state index contributed by atoms with van der Waals surface area (Å²) in [5, 5.41) is 4.33. The van der Waals surface area contributed by atoms with Gasteiger partial charge in [-0.05, 0) is 31.7 Å². The highest BCUT2D eigenvalue weighted by Crippen LogP contribution is 2.28. The molecule has 0 bridgehead atoms. The van der Waals surface area contributed by atoms with E-state index in [0.29, 0.717) is 0 Å². The predicted octanol–water partition coefficient (Wildman–Crippen LogP) is 1.85. The van der Waals surface area contributed by atoms with E-state index in [0.717, 1.165) is 55.6 Å². The van der Waals surface area contributed by atoms with Gasteiger partial charge in [-0.25, -0.2) is 9.97 Å². The number of carbonyl (C=O) groups excluding carboxylic acids is 1. The second-order valence-electron chi connectivity index (χ2n) is 6.78. The van der Waals surface area contributed by atoms with Crippen molar-refractivity contribution in [2.24, 2.45) is 13.0 Å². The van der Waals surface area contributed by atoms with Gasteiger partial charge in [0, 0.05) is 38.3 Å². The highest BCUT2D eigenvalue weighted by molar-refractivity contribution is 5.88. The zero-order chi connectivity index (χ0) is 15.8. The van der Waals surface area contributed by atoms with Crippen molar-refractivity contribution in [2.75, 3.05) is 18.0 Å². The largest absolute Gasteiger partial charge is 0.354 e. The van der Waals surface area contributed by atoms with Crippen LogP contribution in [-0.4, -0.2) is 39.6 Å². The number of hydrogen-bond acceptors (Lipinski definition) is 4. The molecule has 2 aliphatic rings. The van der Waals surface area contributed by atoms with E-state index in [9.17, 15) is 4.79 Å². The van der Waals surface area contributed by atoms with E-state index in [1.165, 1.54) is 6.42 Å². The van der Waals surface area contributed by atoms with Crippen LogP contribution in [0.2, 0.25) is 0 Å². The van der Waals surface area contributed by atoms with Gasteiger partial charge in [-0.15, -0.1) is 0 Å². The van der Waals surface area contributed by atoms with Gasteiger partial charge in [-0.1, -0.05) is 6.42 Å². The van der Waals surface area contributed by atoms with Crippen molar-refractivity contribution in [2.45, 2.75) is 38.1 Å². The summed E-state index contributed by atoms with van der Waals surface area (Å²) in [6.07, 6.45) is 9.09. The SMILES string of the molecule is Cn1ccc2c(N3CCCC(NC(=O)C4CCC4)C3)ncnc21. The van der Waals surface area contributed by atoms with Crippen LogP contribution >= 0.6 is 0 Å². The van der Waals surface area contributed by atoms with Gasteiger partial charge >= 0.3 is 0 Å². The van der Waals surface area contributed by atoms with Crippen molar-refractivity contribution in [1.29, 1.82) is 0 Å². The molecular formula is C17H23N5O. The summed E-state index contributed by atoms with van der Waals surface area (Å²) in [7, 11) is 2.00. The molecule has 1 unspecified atom stereocenters. The zero-order valence-electron chi connectivity index (χ0n) is 13.5. The lowest BCUT2D eigenvalue weighted by atomic mass is 9.84. The van der Waals surface area contributed by atoms with Crippen molar-refractivity contribution >= 4 is 22.8 Å². The summed E-state index contributed by atoms with van der Waals surface area (Å²) in [5.74, 6) is 1.49. The third-order valence-electron chi connectivity index (χ3n) is 5.18. The van der Waals surface area contributed by atoms with Crippen molar-refractivity contribution in [3.8, 4) is 0 Å². The van der Waals surface area contributed by atoms with Crippen LogP contribution in [0.25, 0.3) is 11.0 Å². The van der Waals surface area contributed by atoms with Gasteiger partial charge in [0.15, 0.2) is 0 Å². The Morgan fingerprint density at radius 1 is 1.26 bits per heavy atom. The Morgan fingerprint density at radius 2 is 2.13 bits per heavy atom. The summed E-state index contributed by atoms with van der Waals surface area (Å²) >= 11 is 0. The van der Waals surface area contributed by atoms with E-state index in [4.69, 9.17) is 0 Å². The smallest absolute Gasteiger partial charge is 0.223 e. The molecule has 1 N–H and O–H groups in total. The van der Waals surface area contributed by atoms with Gasteiger partial charge in [0.1, 0.15) is 17.8 Å². The second-order valence-corrected chi connectivity index (χ2v) is 6.78. The van der Waals surface area contributed by atoms with Crippen LogP contribution in [-0.2, 0) is 11.8 Å². The second kappa shape index (κ2) is 5.83. The lowest BCUT2D eigenvalue weighted by Gasteiger charge is -2.35. The molecular weight excluding hydrogens is 290 g/mol. The molecule has 1 atom stereocenters. The number of hydrogen-bond donors (Lipinski definition) is 1. The topological polar surface area (TPSA) is 63.0 Å². The van der Waals surface area contributed by atoms with Crippen LogP contribution < -0.4 is 10.2 Å². The Balaban J connectivity index is 1.51. The van der Waals surface area contributed by atoms with Crippen LogP contribution in [0.15, 0.2) is 18.6 Å². The predicted molar refractivity (Wildman–Crippen MR) is 89.2 cm³/mol. The fourth-order valence-corrected chi connectivity index (χ4v) is 3.59. The minimum atomic E-state index is 0.227. The standard InChI is InChI=1S/C17H23N5O/c1-21-9-7-14-15(21)18-11-19-16(14)22-8-3-6-13(10-22)20-17(23)12-4-2-5-12/h7,9,11-13H,2-6,8,10H2,1H3,(H,20,23). The number of amides is 1. The molecule has 1 amide bonds. The summed E-state index contributed by atoms with van der Waals surface area (Å²) in [6, 6.07) is 2.30. The Bertz CT molecular complexity index is 721.